The second-order valence-corrected chi connectivity index (χ2v) is 10.6. The second-order valence-electron chi connectivity index (χ2n) is 10.6. The number of benzene rings is 6. The van der Waals surface area contributed by atoms with Crippen molar-refractivity contribution in [3.05, 3.63) is 145 Å². The van der Waals surface area contributed by atoms with Gasteiger partial charge >= 0.3 is 0 Å². The number of nitriles is 1. The summed E-state index contributed by atoms with van der Waals surface area (Å²) in [5.41, 5.74) is 8.95. The SMILES string of the molecule is N#Cc1cccc(-c2cc(-c3ccccc3)nc(-c3ccc(-c4cccc5oc6cc7ccccc7cc6c45)cc3)n2)c1. The Balaban J connectivity index is 1.25. The van der Waals surface area contributed by atoms with Gasteiger partial charge in [-0.1, -0.05) is 103 Å². The predicted molar refractivity (Wildman–Crippen MR) is 173 cm³/mol. The van der Waals surface area contributed by atoms with Gasteiger partial charge in [-0.15, -0.1) is 0 Å². The minimum atomic E-state index is 0.595. The topological polar surface area (TPSA) is 62.7 Å². The highest BCUT2D eigenvalue weighted by atomic mass is 16.3. The molecule has 0 aliphatic carbocycles. The molecule has 6 aromatic carbocycles. The first-order chi connectivity index (χ1) is 21.2. The Morgan fingerprint density at radius 3 is 1.98 bits per heavy atom. The molecule has 0 fully saturated rings. The molecule has 0 saturated heterocycles. The molecule has 0 unspecified atom stereocenters. The summed E-state index contributed by atoms with van der Waals surface area (Å²) >= 11 is 0. The lowest BCUT2D eigenvalue weighted by Crippen LogP contribution is -1.96. The zero-order valence-corrected chi connectivity index (χ0v) is 23.0. The first-order valence-corrected chi connectivity index (χ1v) is 14.1. The van der Waals surface area contributed by atoms with Crippen LogP contribution in [0.3, 0.4) is 0 Å². The van der Waals surface area contributed by atoms with Crippen LogP contribution in [0.2, 0.25) is 0 Å². The molecule has 0 spiro atoms. The predicted octanol–water partition coefficient (Wildman–Crippen LogP) is 10.1. The average molecular weight is 550 g/mol. The molecule has 8 aromatic rings. The van der Waals surface area contributed by atoms with Crippen molar-refractivity contribution in [2.45, 2.75) is 0 Å². The molecule has 0 aliphatic heterocycles. The molecule has 4 heteroatoms. The van der Waals surface area contributed by atoms with Gasteiger partial charge in [0, 0.05) is 27.5 Å². The molecule has 0 N–H and O–H groups in total. The molecular formula is C39H23N3O. The Morgan fingerprint density at radius 1 is 0.512 bits per heavy atom. The number of rotatable bonds is 4. The summed E-state index contributed by atoms with van der Waals surface area (Å²) in [5, 5.41) is 14.0. The Bertz CT molecular complexity index is 2350. The quantitative estimate of drug-likeness (QED) is 0.219. The number of hydrogen-bond donors (Lipinski definition) is 0. The molecule has 200 valence electrons. The first kappa shape index (κ1) is 24.7. The van der Waals surface area contributed by atoms with Crippen LogP contribution in [0, 0.1) is 11.3 Å². The van der Waals surface area contributed by atoms with E-state index >= 15 is 0 Å². The van der Waals surface area contributed by atoms with E-state index in [9.17, 15) is 5.26 Å². The highest BCUT2D eigenvalue weighted by molar-refractivity contribution is 6.15. The van der Waals surface area contributed by atoms with Crippen molar-refractivity contribution in [2.24, 2.45) is 0 Å². The fourth-order valence-corrected chi connectivity index (χ4v) is 5.78. The minimum absolute atomic E-state index is 0.595. The molecular weight excluding hydrogens is 526 g/mol. The van der Waals surface area contributed by atoms with E-state index in [1.807, 2.05) is 66.7 Å². The van der Waals surface area contributed by atoms with E-state index < -0.39 is 0 Å². The summed E-state index contributed by atoms with van der Waals surface area (Å²) in [5.74, 6) is 0.628. The van der Waals surface area contributed by atoms with Crippen LogP contribution >= 0.6 is 0 Å². The van der Waals surface area contributed by atoms with E-state index in [0.29, 0.717) is 11.4 Å². The van der Waals surface area contributed by atoms with Crippen molar-refractivity contribution in [3.63, 3.8) is 0 Å². The van der Waals surface area contributed by atoms with Gasteiger partial charge in [0.1, 0.15) is 11.2 Å². The molecule has 0 atom stereocenters. The lowest BCUT2D eigenvalue weighted by molar-refractivity contribution is 0.669. The van der Waals surface area contributed by atoms with Crippen LogP contribution in [0.4, 0.5) is 0 Å². The fraction of sp³-hybridized carbons (Fsp3) is 0. The Kier molecular flexibility index (Phi) is 5.80. The van der Waals surface area contributed by atoms with Gasteiger partial charge < -0.3 is 4.42 Å². The summed E-state index contributed by atoms with van der Waals surface area (Å²) in [6, 6.07) is 49.2. The highest BCUT2D eigenvalue weighted by Crippen LogP contribution is 2.39. The van der Waals surface area contributed by atoms with Crippen LogP contribution in [0.5, 0.6) is 0 Å². The van der Waals surface area contributed by atoms with Crippen LogP contribution in [0.25, 0.3) is 77.7 Å². The third kappa shape index (κ3) is 4.41. The number of fused-ring (bicyclic) bond motifs is 4. The summed E-state index contributed by atoms with van der Waals surface area (Å²) in [6.45, 7) is 0. The van der Waals surface area contributed by atoms with Crippen molar-refractivity contribution >= 4 is 32.7 Å². The van der Waals surface area contributed by atoms with Crippen LogP contribution in [0.1, 0.15) is 5.56 Å². The summed E-state index contributed by atoms with van der Waals surface area (Å²) < 4.78 is 6.30. The monoisotopic (exact) mass is 549 g/mol. The number of hydrogen-bond acceptors (Lipinski definition) is 4. The molecule has 0 saturated carbocycles. The molecule has 8 rings (SSSR count). The van der Waals surface area contributed by atoms with Gasteiger partial charge in [-0.3, -0.25) is 0 Å². The average Bonchev–Trinajstić information content (AvgIpc) is 3.45. The van der Waals surface area contributed by atoms with Gasteiger partial charge in [-0.25, -0.2) is 9.97 Å². The van der Waals surface area contributed by atoms with Crippen molar-refractivity contribution in [2.75, 3.05) is 0 Å². The van der Waals surface area contributed by atoms with E-state index in [1.54, 1.807) is 6.07 Å². The zero-order chi connectivity index (χ0) is 28.8. The summed E-state index contributed by atoms with van der Waals surface area (Å²) in [4.78, 5) is 9.92. The first-order valence-electron chi connectivity index (χ1n) is 14.1. The van der Waals surface area contributed by atoms with Crippen LogP contribution < -0.4 is 0 Å². The summed E-state index contributed by atoms with van der Waals surface area (Å²) in [6.07, 6.45) is 0. The molecule has 2 aromatic heterocycles. The van der Waals surface area contributed by atoms with E-state index in [1.165, 1.54) is 5.39 Å². The van der Waals surface area contributed by atoms with Gasteiger partial charge in [0.15, 0.2) is 5.82 Å². The third-order valence-corrected chi connectivity index (χ3v) is 7.90. The molecule has 0 amide bonds. The van der Waals surface area contributed by atoms with Crippen LogP contribution in [0.15, 0.2) is 144 Å². The second kappa shape index (κ2) is 10.1. The number of furan rings is 1. The van der Waals surface area contributed by atoms with E-state index in [0.717, 1.165) is 66.5 Å². The fourth-order valence-electron chi connectivity index (χ4n) is 5.78. The molecule has 0 bridgehead atoms. The van der Waals surface area contributed by atoms with Gasteiger partial charge in [0.25, 0.3) is 0 Å². The lowest BCUT2D eigenvalue weighted by atomic mass is 9.97. The van der Waals surface area contributed by atoms with Gasteiger partial charge in [-0.05, 0) is 58.3 Å². The van der Waals surface area contributed by atoms with Crippen molar-refractivity contribution < 1.29 is 4.42 Å². The van der Waals surface area contributed by atoms with Gasteiger partial charge in [0.2, 0.25) is 0 Å². The maximum atomic E-state index is 9.46. The molecule has 0 radical (unpaired) electrons. The number of aromatic nitrogens is 2. The van der Waals surface area contributed by atoms with Gasteiger partial charge in [0.05, 0.1) is 23.0 Å². The Morgan fingerprint density at radius 2 is 1.19 bits per heavy atom. The van der Waals surface area contributed by atoms with E-state index in [2.05, 4.69) is 72.8 Å². The highest BCUT2D eigenvalue weighted by Gasteiger charge is 2.15. The summed E-state index contributed by atoms with van der Waals surface area (Å²) in [7, 11) is 0. The van der Waals surface area contributed by atoms with Gasteiger partial charge in [-0.2, -0.15) is 5.26 Å². The molecule has 2 heterocycles. The van der Waals surface area contributed by atoms with E-state index in [-0.39, 0.29) is 0 Å². The molecule has 43 heavy (non-hydrogen) atoms. The maximum absolute atomic E-state index is 9.46. The lowest BCUT2D eigenvalue weighted by Gasteiger charge is -2.10. The largest absolute Gasteiger partial charge is 0.456 e. The van der Waals surface area contributed by atoms with Crippen molar-refractivity contribution in [3.8, 4) is 51.1 Å². The Labute approximate surface area is 248 Å². The van der Waals surface area contributed by atoms with Crippen LogP contribution in [-0.2, 0) is 0 Å². The molecule has 4 nitrogen and oxygen atoms in total. The maximum Gasteiger partial charge on any atom is 0.160 e. The van der Waals surface area contributed by atoms with Crippen molar-refractivity contribution in [1.82, 2.24) is 9.97 Å². The molecule has 0 aliphatic rings. The smallest absolute Gasteiger partial charge is 0.160 e. The normalized spacial score (nSPS) is 11.2. The van der Waals surface area contributed by atoms with Crippen molar-refractivity contribution in [1.29, 1.82) is 5.26 Å². The Hall–Kier alpha value is -6.05. The van der Waals surface area contributed by atoms with Crippen LogP contribution in [-0.4, -0.2) is 9.97 Å². The number of nitrogens with zero attached hydrogens (tertiary/aromatic N) is 3. The third-order valence-electron chi connectivity index (χ3n) is 7.90. The van der Waals surface area contributed by atoms with E-state index in [4.69, 9.17) is 14.4 Å². The zero-order valence-electron chi connectivity index (χ0n) is 23.0. The minimum Gasteiger partial charge on any atom is -0.456 e. The standard InChI is InChI=1S/C39H23N3O/c40-24-25-8-6-13-31(20-25)35-23-34(27-9-2-1-3-10-27)41-39(42-35)28-18-16-26(17-19-28)32-14-7-15-36-38(32)33-21-29-11-4-5-12-30(29)22-37(33)43-36/h1-23H.